The van der Waals surface area contributed by atoms with Gasteiger partial charge in [0.1, 0.15) is 5.60 Å². The number of hydrogen-bond donors (Lipinski definition) is 2. The molecule has 0 aliphatic carbocycles. The number of amides is 1. The third-order valence-electron chi connectivity index (χ3n) is 5.33. The molecule has 0 bridgehead atoms. The predicted molar refractivity (Wildman–Crippen MR) is 103 cm³/mol. The van der Waals surface area contributed by atoms with Gasteiger partial charge in [-0.2, -0.15) is 0 Å². The molecule has 4 rings (SSSR count). The molecule has 1 saturated heterocycles. The lowest BCUT2D eigenvalue weighted by atomic mass is 9.75. The molecule has 5 heteroatoms. The van der Waals surface area contributed by atoms with Gasteiger partial charge in [0.05, 0.1) is 5.56 Å². The van der Waals surface area contributed by atoms with Crippen molar-refractivity contribution in [1.29, 1.82) is 0 Å². The van der Waals surface area contributed by atoms with Crippen LogP contribution in [0.3, 0.4) is 0 Å². The zero-order valence-corrected chi connectivity index (χ0v) is 15.3. The van der Waals surface area contributed by atoms with Crippen LogP contribution in [0.2, 0.25) is 0 Å². The van der Waals surface area contributed by atoms with E-state index in [1.54, 1.807) is 29.8 Å². The average Bonchev–Trinajstić information content (AvgIpc) is 3.41. The third-order valence-corrected chi connectivity index (χ3v) is 6.32. The molecular weight excluding hydrogens is 344 g/mol. The first-order chi connectivity index (χ1) is 12.7. The highest BCUT2D eigenvalue weighted by molar-refractivity contribution is 7.10. The Bertz CT molecular complexity index is 838. The van der Waals surface area contributed by atoms with Gasteiger partial charge in [-0.15, -0.1) is 11.3 Å². The van der Waals surface area contributed by atoms with E-state index in [9.17, 15) is 9.90 Å². The molecule has 4 nitrogen and oxygen atoms in total. The summed E-state index contributed by atoms with van der Waals surface area (Å²) in [7, 11) is 0. The molecule has 26 heavy (non-hydrogen) atoms. The predicted octanol–water partition coefficient (Wildman–Crippen LogP) is 3.86. The summed E-state index contributed by atoms with van der Waals surface area (Å²) in [6, 6.07) is 15.7. The van der Waals surface area contributed by atoms with Gasteiger partial charge in [0.2, 0.25) is 0 Å². The van der Waals surface area contributed by atoms with Crippen molar-refractivity contribution in [1.82, 2.24) is 9.88 Å². The van der Waals surface area contributed by atoms with Gasteiger partial charge < -0.3 is 15.0 Å². The first-order valence-corrected chi connectivity index (χ1v) is 9.81. The summed E-state index contributed by atoms with van der Waals surface area (Å²) in [5.41, 5.74) is 0.622. The van der Waals surface area contributed by atoms with Gasteiger partial charge in [-0.05, 0) is 35.9 Å². The molecule has 2 aromatic heterocycles. The lowest BCUT2D eigenvalue weighted by molar-refractivity contribution is -0.00950. The fourth-order valence-electron chi connectivity index (χ4n) is 3.91. The van der Waals surface area contributed by atoms with Crippen LogP contribution in [0.25, 0.3) is 0 Å². The van der Waals surface area contributed by atoms with Crippen LogP contribution < -0.4 is 0 Å². The number of nitrogens with one attached hydrogen (secondary N) is 1. The quantitative estimate of drug-likeness (QED) is 0.737. The highest BCUT2D eigenvalue weighted by Crippen LogP contribution is 2.43. The zero-order chi connectivity index (χ0) is 18.0. The van der Waals surface area contributed by atoms with E-state index in [0.29, 0.717) is 18.7 Å². The second-order valence-electron chi connectivity index (χ2n) is 6.78. The lowest BCUT2D eigenvalue weighted by Crippen LogP contribution is -2.45. The molecule has 1 atom stereocenters. The Balaban J connectivity index is 1.57. The molecule has 1 fully saturated rings. The second-order valence-corrected chi connectivity index (χ2v) is 7.72. The van der Waals surface area contributed by atoms with E-state index in [0.717, 1.165) is 23.3 Å². The summed E-state index contributed by atoms with van der Waals surface area (Å²) in [4.78, 5) is 18.4. The summed E-state index contributed by atoms with van der Waals surface area (Å²) >= 11 is 1.59. The Morgan fingerprint density at radius 2 is 1.88 bits per heavy atom. The number of rotatable bonds is 4. The lowest BCUT2D eigenvalue weighted by Gasteiger charge is -2.41. The minimum absolute atomic E-state index is 0.0593. The summed E-state index contributed by atoms with van der Waals surface area (Å²) < 4.78 is 0. The monoisotopic (exact) mass is 366 g/mol. The van der Waals surface area contributed by atoms with E-state index in [1.165, 1.54) is 0 Å². The molecule has 0 radical (unpaired) electrons. The van der Waals surface area contributed by atoms with E-state index in [1.807, 2.05) is 52.7 Å². The average molecular weight is 366 g/mol. The van der Waals surface area contributed by atoms with Gasteiger partial charge in [0.15, 0.2) is 0 Å². The molecule has 2 N–H and O–H groups in total. The molecule has 1 aliphatic rings. The van der Waals surface area contributed by atoms with E-state index in [2.05, 4.69) is 4.98 Å². The van der Waals surface area contributed by atoms with E-state index in [4.69, 9.17) is 0 Å². The number of carbonyl (C=O) groups is 1. The van der Waals surface area contributed by atoms with Crippen LogP contribution in [0.4, 0.5) is 0 Å². The molecule has 3 aromatic rings. The van der Waals surface area contributed by atoms with Crippen molar-refractivity contribution < 1.29 is 9.90 Å². The molecule has 0 spiro atoms. The number of aromatic amines is 1. The number of thiophene rings is 1. The van der Waals surface area contributed by atoms with Crippen LogP contribution in [0.1, 0.15) is 33.6 Å². The smallest absolute Gasteiger partial charge is 0.255 e. The maximum atomic E-state index is 12.6. The Morgan fingerprint density at radius 1 is 1.12 bits per heavy atom. The minimum Gasteiger partial charge on any atom is -0.379 e. The van der Waals surface area contributed by atoms with Crippen molar-refractivity contribution in [2.45, 2.75) is 18.4 Å². The second kappa shape index (κ2) is 7.09. The Hall–Kier alpha value is -2.37. The van der Waals surface area contributed by atoms with Gasteiger partial charge in [-0.1, -0.05) is 36.4 Å². The topological polar surface area (TPSA) is 56.3 Å². The first-order valence-electron chi connectivity index (χ1n) is 8.93. The fraction of sp³-hybridized carbons (Fsp3) is 0.286. The number of likely N-dealkylation sites (tertiary alicyclic amines) is 1. The zero-order valence-electron chi connectivity index (χ0n) is 14.5. The molecule has 1 aromatic carbocycles. The number of benzene rings is 1. The number of H-pyrrole nitrogens is 1. The molecule has 1 aliphatic heterocycles. The molecule has 3 heterocycles. The number of hydrogen-bond acceptors (Lipinski definition) is 3. The van der Waals surface area contributed by atoms with Crippen LogP contribution >= 0.6 is 11.3 Å². The van der Waals surface area contributed by atoms with Crippen molar-refractivity contribution in [3.05, 3.63) is 82.3 Å². The highest BCUT2D eigenvalue weighted by Gasteiger charge is 2.42. The van der Waals surface area contributed by atoms with Crippen molar-refractivity contribution in [2.75, 3.05) is 13.1 Å². The van der Waals surface area contributed by atoms with Crippen LogP contribution in [-0.2, 0) is 5.60 Å². The Labute approximate surface area is 157 Å². The van der Waals surface area contributed by atoms with Crippen LogP contribution in [0, 0.1) is 5.92 Å². The standard InChI is InChI=1S/C21H22N2O2S/c24-20(16-8-11-22-15-16)23-12-9-18(10-13-23)21(25,19-7-4-14-26-19)17-5-2-1-3-6-17/h1-8,11,14-15,18,22,25H,9-10,12-13H2. The number of aromatic nitrogens is 1. The first kappa shape index (κ1) is 17.1. The van der Waals surface area contributed by atoms with Gasteiger partial charge in [-0.3, -0.25) is 4.79 Å². The molecule has 0 saturated carbocycles. The van der Waals surface area contributed by atoms with Gasteiger partial charge >= 0.3 is 0 Å². The maximum absolute atomic E-state index is 12.6. The van der Waals surface area contributed by atoms with Crippen molar-refractivity contribution in [2.24, 2.45) is 5.92 Å². The van der Waals surface area contributed by atoms with E-state index < -0.39 is 5.60 Å². The minimum atomic E-state index is -1.00. The molecule has 134 valence electrons. The van der Waals surface area contributed by atoms with Crippen molar-refractivity contribution >= 4 is 17.2 Å². The SMILES string of the molecule is O=C(c1cc[nH]c1)N1CCC(C(O)(c2ccccc2)c2cccs2)CC1. The molecule has 1 unspecified atom stereocenters. The largest absolute Gasteiger partial charge is 0.379 e. The molecule has 1 amide bonds. The highest BCUT2D eigenvalue weighted by atomic mass is 32.1. The Kier molecular flexibility index (Phi) is 4.66. The molecular formula is C21H22N2O2S. The van der Waals surface area contributed by atoms with Crippen LogP contribution in [-0.4, -0.2) is 34.0 Å². The van der Waals surface area contributed by atoms with Gasteiger partial charge in [0, 0.05) is 36.3 Å². The number of aliphatic hydroxyl groups is 1. The fourth-order valence-corrected chi connectivity index (χ4v) is 4.83. The van der Waals surface area contributed by atoms with Crippen molar-refractivity contribution in [3.63, 3.8) is 0 Å². The summed E-state index contributed by atoms with van der Waals surface area (Å²) in [6.07, 6.45) is 5.06. The number of nitrogens with zero attached hydrogens (tertiary/aromatic N) is 1. The van der Waals surface area contributed by atoms with Crippen LogP contribution in [0.15, 0.2) is 66.3 Å². The number of piperidine rings is 1. The van der Waals surface area contributed by atoms with Crippen LogP contribution in [0.5, 0.6) is 0 Å². The summed E-state index contributed by atoms with van der Waals surface area (Å²) in [5, 5.41) is 13.8. The third kappa shape index (κ3) is 2.97. The van der Waals surface area contributed by atoms with Gasteiger partial charge in [0.25, 0.3) is 5.91 Å². The van der Waals surface area contributed by atoms with E-state index >= 15 is 0 Å². The van der Waals surface area contributed by atoms with Crippen molar-refractivity contribution in [3.8, 4) is 0 Å². The number of carbonyl (C=O) groups excluding carboxylic acids is 1. The van der Waals surface area contributed by atoms with Gasteiger partial charge in [-0.25, -0.2) is 0 Å². The summed E-state index contributed by atoms with van der Waals surface area (Å²) in [5.74, 6) is 0.142. The summed E-state index contributed by atoms with van der Waals surface area (Å²) in [6.45, 7) is 1.32. The maximum Gasteiger partial charge on any atom is 0.255 e. The van der Waals surface area contributed by atoms with E-state index in [-0.39, 0.29) is 11.8 Å². The Morgan fingerprint density at radius 3 is 2.50 bits per heavy atom. The normalized spacial score (nSPS) is 17.8.